The Morgan fingerprint density at radius 3 is 1.95 bits per heavy atom. The lowest BCUT2D eigenvalue weighted by molar-refractivity contribution is -0.901. The van der Waals surface area contributed by atoms with Crippen LogP contribution >= 0.6 is 0 Å². The molecule has 0 aliphatic heterocycles. The number of likely N-dealkylation sites (N-methyl/N-ethyl adjacent to an activating group) is 1. The summed E-state index contributed by atoms with van der Waals surface area (Å²) in [6, 6.07) is 7.09. The zero-order chi connectivity index (χ0) is 15.0. The molecule has 0 spiro atoms. The van der Waals surface area contributed by atoms with Crippen LogP contribution in [-0.2, 0) is 0 Å². The van der Waals surface area contributed by atoms with Gasteiger partial charge in [-0.3, -0.25) is 4.79 Å². The molecule has 0 radical (unpaired) electrons. The third-order valence-electron chi connectivity index (χ3n) is 3.56. The number of nitrogen functional groups attached to an aromatic ring is 1. The van der Waals surface area contributed by atoms with Gasteiger partial charge >= 0.3 is 0 Å². The number of hydrogen-bond acceptors (Lipinski definition) is 4. The molecule has 21 heavy (non-hydrogen) atoms. The van der Waals surface area contributed by atoms with Crippen molar-refractivity contribution in [2.45, 2.75) is 12.8 Å². The highest BCUT2D eigenvalue weighted by Gasteiger charge is 2.25. The van der Waals surface area contributed by atoms with Crippen molar-refractivity contribution in [3.63, 3.8) is 0 Å². The summed E-state index contributed by atoms with van der Waals surface area (Å²) in [5.41, 5.74) is 18.2. The van der Waals surface area contributed by atoms with E-state index >= 15 is 0 Å². The first-order valence-electron chi connectivity index (χ1n) is 7.13. The van der Waals surface area contributed by atoms with Crippen LogP contribution in [0.15, 0.2) is 24.3 Å². The third kappa shape index (κ3) is 6.91. The average Bonchev–Trinajstić information content (AvgIpc) is 2.44. The summed E-state index contributed by atoms with van der Waals surface area (Å²) >= 11 is 0. The molecular weight excluding hydrogens is 288 g/mol. The van der Waals surface area contributed by atoms with Crippen LogP contribution in [0.5, 0.6) is 0 Å². The van der Waals surface area contributed by atoms with Crippen molar-refractivity contribution in [3.05, 3.63) is 29.8 Å². The number of nitrogens with zero attached hydrogens (tertiary/aromatic N) is 1. The Hall–Kier alpha value is -1.14. The average molecular weight is 315 g/mol. The highest BCUT2D eigenvalue weighted by molar-refractivity contribution is 5.97. The summed E-state index contributed by atoms with van der Waals surface area (Å²) in [7, 11) is 2.10. The molecule has 0 aliphatic rings. The predicted molar refractivity (Wildman–Crippen MR) is 83.3 cm³/mol. The maximum atomic E-state index is 12.4. The number of carbonyl (C=O) groups excluding carboxylic acids is 1. The predicted octanol–water partition coefficient (Wildman–Crippen LogP) is -2.40. The van der Waals surface area contributed by atoms with E-state index in [-0.39, 0.29) is 18.2 Å². The fourth-order valence-corrected chi connectivity index (χ4v) is 2.32. The van der Waals surface area contributed by atoms with Crippen LogP contribution in [-0.4, -0.2) is 50.0 Å². The molecule has 120 valence electrons. The molecule has 0 saturated heterocycles. The Morgan fingerprint density at radius 2 is 1.52 bits per heavy atom. The van der Waals surface area contributed by atoms with E-state index in [4.69, 9.17) is 17.2 Å². The van der Waals surface area contributed by atoms with E-state index in [1.165, 1.54) is 0 Å². The first kappa shape index (κ1) is 19.9. The van der Waals surface area contributed by atoms with E-state index in [9.17, 15) is 4.79 Å². The van der Waals surface area contributed by atoms with Crippen molar-refractivity contribution in [1.82, 2.24) is 0 Å². The van der Waals surface area contributed by atoms with Crippen LogP contribution in [0.3, 0.4) is 0 Å². The zero-order valence-corrected chi connectivity index (χ0v) is 13.5. The second-order valence-corrected chi connectivity index (χ2v) is 5.55. The number of hydrogen-bond donors (Lipinski definition) is 3. The molecule has 0 aliphatic carbocycles. The van der Waals surface area contributed by atoms with Gasteiger partial charge in [0.05, 0.1) is 20.1 Å². The summed E-state index contributed by atoms with van der Waals surface area (Å²) in [4.78, 5) is 12.4. The van der Waals surface area contributed by atoms with Crippen LogP contribution in [0, 0.1) is 0 Å². The van der Waals surface area contributed by atoms with E-state index in [1.807, 2.05) is 0 Å². The molecule has 1 rings (SSSR count). The Kier molecular flexibility index (Phi) is 9.21. The van der Waals surface area contributed by atoms with Gasteiger partial charge in [0.25, 0.3) is 0 Å². The van der Waals surface area contributed by atoms with Crippen molar-refractivity contribution in [1.29, 1.82) is 0 Å². The Balaban J connectivity index is 0.00000400. The topological polar surface area (TPSA) is 95.1 Å². The fraction of sp³-hybridized carbons (Fsp3) is 0.533. The number of quaternary nitrogens is 1. The molecule has 6 heteroatoms. The minimum atomic E-state index is 0. The van der Waals surface area contributed by atoms with Gasteiger partial charge in [-0.05, 0) is 37.4 Å². The first-order chi connectivity index (χ1) is 9.50. The molecule has 0 amide bonds. The van der Waals surface area contributed by atoms with Gasteiger partial charge in [-0.15, -0.1) is 0 Å². The van der Waals surface area contributed by atoms with E-state index in [2.05, 4.69) is 7.05 Å². The SMILES string of the molecule is C[N+](CCCN)(CCCN)CC(=O)c1ccc(N)cc1.[Cl-]. The van der Waals surface area contributed by atoms with Crippen LogP contribution in [0.4, 0.5) is 5.69 Å². The van der Waals surface area contributed by atoms with Gasteiger partial charge in [0, 0.05) is 24.1 Å². The quantitative estimate of drug-likeness (QED) is 0.269. The Labute approximate surface area is 133 Å². The van der Waals surface area contributed by atoms with Crippen LogP contribution in [0.1, 0.15) is 23.2 Å². The van der Waals surface area contributed by atoms with Crippen molar-refractivity contribution in [3.8, 4) is 0 Å². The molecule has 5 nitrogen and oxygen atoms in total. The smallest absolute Gasteiger partial charge is 0.216 e. The normalized spacial score (nSPS) is 11.0. The Bertz CT molecular complexity index is 414. The summed E-state index contributed by atoms with van der Waals surface area (Å²) < 4.78 is 0.692. The van der Waals surface area contributed by atoms with Crippen molar-refractivity contribution in [2.75, 3.05) is 45.5 Å². The van der Waals surface area contributed by atoms with Crippen molar-refractivity contribution in [2.24, 2.45) is 11.5 Å². The number of anilines is 1. The molecule has 0 bridgehead atoms. The number of rotatable bonds is 9. The Morgan fingerprint density at radius 1 is 1.05 bits per heavy atom. The lowest BCUT2D eigenvalue weighted by Gasteiger charge is -2.34. The number of nitrogens with two attached hydrogens (primary N) is 3. The molecular formula is C15H27ClN4O. The van der Waals surface area contributed by atoms with Crippen molar-refractivity contribution < 1.29 is 21.7 Å². The third-order valence-corrected chi connectivity index (χ3v) is 3.56. The molecule has 6 N–H and O–H groups in total. The van der Waals surface area contributed by atoms with Gasteiger partial charge in [0.2, 0.25) is 5.78 Å². The summed E-state index contributed by atoms with van der Waals surface area (Å²) in [5, 5.41) is 0. The second-order valence-electron chi connectivity index (χ2n) is 5.55. The fourth-order valence-electron chi connectivity index (χ4n) is 2.32. The summed E-state index contributed by atoms with van der Waals surface area (Å²) in [5.74, 6) is 0.140. The van der Waals surface area contributed by atoms with Crippen LogP contribution < -0.4 is 29.6 Å². The second kappa shape index (κ2) is 9.73. The molecule has 0 heterocycles. The number of benzene rings is 1. The van der Waals surface area contributed by atoms with E-state index < -0.39 is 0 Å². The molecule has 1 aromatic carbocycles. The van der Waals surface area contributed by atoms with Gasteiger partial charge in [0.15, 0.2) is 0 Å². The minimum absolute atomic E-state index is 0. The number of Topliss-reactive ketones (excluding diaryl/α,β-unsaturated/α-hetero) is 1. The molecule has 0 unspecified atom stereocenters. The molecule has 0 saturated carbocycles. The number of carbonyl (C=O) groups is 1. The highest BCUT2D eigenvalue weighted by Crippen LogP contribution is 2.11. The molecule has 0 atom stereocenters. The molecule has 0 aromatic heterocycles. The largest absolute Gasteiger partial charge is 1.00 e. The monoisotopic (exact) mass is 314 g/mol. The van der Waals surface area contributed by atoms with E-state index in [1.54, 1.807) is 24.3 Å². The van der Waals surface area contributed by atoms with E-state index in [0.29, 0.717) is 35.4 Å². The van der Waals surface area contributed by atoms with Gasteiger partial charge in [0.1, 0.15) is 6.54 Å². The molecule has 1 aromatic rings. The highest BCUT2D eigenvalue weighted by atomic mass is 35.5. The van der Waals surface area contributed by atoms with Crippen LogP contribution in [0.2, 0.25) is 0 Å². The van der Waals surface area contributed by atoms with E-state index in [0.717, 1.165) is 25.9 Å². The first-order valence-corrected chi connectivity index (χ1v) is 7.13. The number of halogens is 1. The molecule has 0 fully saturated rings. The minimum Gasteiger partial charge on any atom is -1.00 e. The maximum absolute atomic E-state index is 12.4. The van der Waals surface area contributed by atoms with Crippen molar-refractivity contribution >= 4 is 11.5 Å². The van der Waals surface area contributed by atoms with Gasteiger partial charge in [-0.2, -0.15) is 0 Å². The zero-order valence-electron chi connectivity index (χ0n) is 12.7. The van der Waals surface area contributed by atoms with Gasteiger partial charge in [-0.1, -0.05) is 0 Å². The summed E-state index contributed by atoms with van der Waals surface area (Å²) in [6.45, 7) is 3.57. The van der Waals surface area contributed by atoms with Crippen LogP contribution in [0.25, 0.3) is 0 Å². The number of ketones is 1. The maximum Gasteiger partial charge on any atom is 0.216 e. The van der Waals surface area contributed by atoms with Gasteiger partial charge < -0.3 is 34.1 Å². The lowest BCUT2D eigenvalue weighted by atomic mass is 10.1. The summed E-state index contributed by atoms with van der Waals surface area (Å²) in [6.07, 6.45) is 1.83. The standard InChI is InChI=1S/C15H26N4O.ClH/c1-19(10-2-8-16,11-3-9-17)12-15(20)13-4-6-14(18)7-5-13;/h4-7H,2-3,8-12,16-17H2,1H3,(H-,18,20);1H. The van der Waals surface area contributed by atoms with Gasteiger partial charge in [-0.25, -0.2) is 0 Å². The lowest BCUT2D eigenvalue weighted by Crippen LogP contribution is -3.00.